The van der Waals surface area contributed by atoms with Gasteiger partial charge in [-0.2, -0.15) is 0 Å². The first-order chi connectivity index (χ1) is 11.5. The van der Waals surface area contributed by atoms with Gasteiger partial charge in [0.1, 0.15) is 4.32 Å². The second-order valence-electron chi connectivity index (χ2n) is 4.80. The Balaban J connectivity index is 2.20. The van der Waals surface area contributed by atoms with Crippen molar-refractivity contribution in [3.05, 3.63) is 28.7 Å². The van der Waals surface area contributed by atoms with E-state index in [0.717, 1.165) is 17.3 Å². The lowest BCUT2D eigenvalue weighted by Crippen LogP contribution is -2.33. The van der Waals surface area contributed by atoms with Crippen LogP contribution in [0.4, 0.5) is 0 Å². The Labute approximate surface area is 149 Å². The fraction of sp³-hybridized carbons (Fsp3) is 0.312. The zero-order valence-corrected chi connectivity index (χ0v) is 14.9. The van der Waals surface area contributed by atoms with Gasteiger partial charge in [0.25, 0.3) is 5.91 Å². The van der Waals surface area contributed by atoms with Crippen LogP contribution in [0.15, 0.2) is 23.1 Å². The van der Waals surface area contributed by atoms with Crippen LogP contribution in [-0.2, 0) is 9.59 Å². The van der Waals surface area contributed by atoms with Crippen molar-refractivity contribution in [1.29, 1.82) is 0 Å². The predicted octanol–water partition coefficient (Wildman–Crippen LogP) is 1.44. The first-order valence-electron chi connectivity index (χ1n) is 7.22. The average molecular weight is 366 g/mol. The molecule has 1 aliphatic heterocycles. The maximum atomic E-state index is 12.3. The fourth-order valence-electron chi connectivity index (χ4n) is 2.10. The van der Waals surface area contributed by atoms with Crippen molar-refractivity contribution in [2.75, 3.05) is 20.3 Å². The third-order valence-corrected chi connectivity index (χ3v) is 4.58. The van der Waals surface area contributed by atoms with Crippen LogP contribution in [0.25, 0.3) is 6.08 Å². The zero-order valence-electron chi connectivity index (χ0n) is 13.2. The number of carbonyl (C=O) groups excluding carboxylic acids is 2. The summed E-state index contributed by atoms with van der Waals surface area (Å²) in [6, 6.07) is 5.34. The van der Waals surface area contributed by atoms with Crippen LogP contribution in [0.5, 0.6) is 11.5 Å². The summed E-state index contributed by atoms with van der Waals surface area (Å²) in [4.78, 5) is 24.6. The summed E-state index contributed by atoms with van der Waals surface area (Å²) in [5.41, 5.74) is 0.760. The summed E-state index contributed by atoms with van der Waals surface area (Å²) < 4.78 is 11.1. The highest BCUT2D eigenvalue weighted by atomic mass is 32.2. The van der Waals surface area contributed by atoms with Crippen LogP contribution in [0.1, 0.15) is 18.9 Å². The molecular formula is C16H16NO5S2-. The number of aliphatic carboxylic acids is 1. The molecule has 1 aliphatic rings. The van der Waals surface area contributed by atoms with E-state index in [9.17, 15) is 14.7 Å². The standard InChI is InChI=1S/C16H17NO5S2/c1-3-22-11-5-4-10(8-12(11)21-2)9-13-15(20)17(16(23)24-13)7-6-14(18)19/h4-5,8-9H,3,6-7H2,1-2H3,(H,18,19)/p-1. The van der Waals surface area contributed by atoms with E-state index in [1.165, 1.54) is 4.90 Å². The predicted molar refractivity (Wildman–Crippen MR) is 93.7 cm³/mol. The van der Waals surface area contributed by atoms with E-state index < -0.39 is 5.97 Å². The molecule has 1 saturated heterocycles. The highest BCUT2D eigenvalue weighted by Crippen LogP contribution is 2.34. The minimum atomic E-state index is -1.22. The Morgan fingerprint density at radius 1 is 1.42 bits per heavy atom. The summed E-state index contributed by atoms with van der Waals surface area (Å²) in [5.74, 6) is -0.333. The minimum absolute atomic E-state index is 0.0109. The quantitative estimate of drug-likeness (QED) is 0.534. The molecule has 0 aromatic heterocycles. The van der Waals surface area contributed by atoms with E-state index in [-0.39, 0.29) is 18.9 Å². The van der Waals surface area contributed by atoms with Crippen molar-refractivity contribution in [3.8, 4) is 11.5 Å². The zero-order chi connectivity index (χ0) is 17.7. The number of hydrogen-bond acceptors (Lipinski definition) is 7. The Bertz CT molecular complexity index is 702. The van der Waals surface area contributed by atoms with E-state index in [2.05, 4.69) is 0 Å². The number of nitrogens with zero attached hydrogens (tertiary/aromatic N) is 1. The van der Waals surface area contributed by atoms with Crippen molar-refractivity contribution in [1.82, 2.24) is 4.90 Å². The molecule has 1 aromatic carbocycles. The van der Waals surface area contributed by atoms with Gasteiger partial charge in [-0.05, 0) is 30.7 Å². The molecule has 24 heavy (non-hydrogen) atoms. The first kappa shape index (κ1) is 18.3. The van der Waals surface area contributed by atoms with Gasteiger partial charge in [-0.25, -0.2) is 0 Å². The molecule has 0 bridgehead atoms. The number of hydrogen-bond donors (Lipinski definition) is 0. The van der Waals surface area contributed by atoms with Crippen LogP contribution in [0.3, 0.4) is 0 Å². The summed E-state index contributed by atoms with van der Waals surface area (Å²) in [6.07, 6.45) is 1.44. The number of carboxylic acid groups (broad SMARTS) is 1. The molecule has 0 spiro atoms. The molecule has 0 atom stereocenters. The molecule has 6 nitrogen and oxygen atoms in total. The largest absolute Gasteiger partial charge is 0.550 e. The molecule has 1 amide bonds. The molecule has 1 aromatic rings. The SMILES string of the molecule is CCOc1ccc(C=C2SC(=S)N(CCC(=O)[O-])C2=O)cc1OC. The summed E-state index contributed by atoms with van der Waals surface area (Å²) in [7, 11) is 1.54. The normalized spacial score (nSPS) is 15.9. The molecule has 0 unspecified atom stereocenters. The molecule has 0 saturated carbocycles. The first-order valence-corrected chi connectivity index (χ1v) is 8.44. The summed E-state index contributed by atoms with van der Waals surface area (Å²) in [6.45, 7) is 2.41. The van der Waals surface area contributed by atoms with Gasteiger partial charge in [0.05, 0.1) is 18.6 Å². The second-order valence-corrected chi connectivity index (χ2v) is 6.47. The number of benzene rings is 1. The van der Waals surface area contributed by atoms with E-state index in [1.807, 2.05) is 6.92 Å². The number of ether oxygens (including phenoxy) is 2. The van der Waals surface area contributed by atoms with Crippen LogP contribution in [-0.4, -0.2) is 41.4 Å². The highest BCUT2D eigenvalue weighted by Gasteiger charge is 2.31. The maximum absolute atomic E-state index is 12.3. The van der Waals surface area contributed by atoms with Crippen molar-refractivity contribution in [2.24, 2.45) is 0 Å². The lowest BCUT2D eigenvalue weighted by Gasteiger charge is -2.14. The third-order valence-electron chi connectivity index (χ3n) is 3.20. The highest BCUT2D eigenvalue weighted by molar-refractivity contribution is 8.26. The van der Waals surface area contributed by atoms with Gasteiger partial charge in [0.2, 0.25) is 0 Å². The van der Waals surface area contributed by atoms with Crippen molar-refractivity contribution < 1.29 is 24.2 Å². The third kappa shape index (κ3) is 4.27. The Morgan fingerprint density at radius 3 is 2.79 bits per heavy atom. The van der Waals surface area contributed by atoms with Crippen molar-refractivity contribution in [2.45, 2.75) is 13.3 Å². The van der Waals surface area contributed by atoms with Crippen LogP contribution in [0.2, 0.25) is 0 Å². The molecule has 0 radical (unpaired) electrons. The van der Waals surface area contributed by atoms with E-state index in [1.54, 1.807) is 31.4 Å². The van der Waals surface area contributed by atoms with Crippen molar-refractivity contribution >= 4 is 46.3 Å². The molecule has 128 valence electrons. The smallest absolute Gasteiger partial charge is 0.266 e. The van der Waals surface area contributed by atoms with Gasteiger partial charge in [0.15, 0.2) is 11.5 Å². The van der Waals surface area contributed by atoms with Crippen molar-refractivity contribution in [3.63, 3.8) is 0 Å². The Kier molecular flexibility index (Phi) is 6.22. The van der Waals surface area contributed by atoms with Crippen LogP contribution < -0.4 is 14.6 Å². The lowest BCUT2D eigenvalue weighted by atomic mass is 10.2. The summed E-state index contributed by atoms with van der Waals surface area (Å²) in [5, 5.41) is 10.6. The average Bonchev–Trinajstić information content (AvgIpc) is 2.80. The van der Waals surface area contributed by atoms with Gasteiger partial charge in [-0.1, -0.05) is 30.0 Å². The topological polar surface area (TPSA) is 78.9 Å². The number of thioether (sulfide) groups is 1. The van der Waals surface area contributed by atoms with Gasteiger partial charge in [-0.15, -0.1) is 0 Å². The van der Waals surface area contributed by atoms with E-state index in [4.69, 9.17) is 21.7 Å². The number of methoxy groups -OCH3 is 1. The van der Waals surface area contributed by atoms with Gasteiger partial charge in [0, 0.05) is 18.9 Å². The Morgan fingerprint density at radius 2 is 2.17 bits per heavy atom. The van der Waals surface area contributed by atoms with E-state index in [0.29, 0.717) is 27.3 Å². The summed E-state index contributed by atoms with van der Waals surface area (Å²) >= 11 is 6.28. The second kappa shape index (κ2) is 8.16. The van der Waals surface area contributed by atoms with Crippen LogP contribution >= 0.6 is 24.0 Å². The number of thiocarbonyl (C=S) groups is 1. The molecule has 0 N–H and O–H groups in total. The minimum Gasteiger partial charge on any atom is -0.550 e. The maximum Gasteiger partial charge on any atom is 0.266 e. The molecule has 1 fully saturated rings. The Hall–Kier alpha value is -2.06. The number of carbonyl (C=O) groups is 2. The fourth-order valence-corrected chi connectivity index (χ4v) is 3.40. The molecular weight excluding hydrogens is 350 g/mol. The van der Waals surface area contributed by atoms with Gasteiger partial charge >= 0.3 is 0 Å². The molecule has 2 rings (SSSR count). The van der Waals surface area contributed by atoms with Crippen LogP contribution in [0, 0.1) is 0 Å². The van der Waals surface area contributed by atoms with E-state index >= 15 is 0 Å². The number of carboxylic acids is 1. The number of amides is 1. The number of rotatable bonds is 7. The van der Waals surface area contributed by atoms with Gasteiger partial charge < -0.3 is 19.4 Å². The van der Waals surface area contributed by atoms with Gasteiger partial charge in [-0.3, -0.25) is 9.69 Å². The molecule has 0 aliphatic carbocycles. The lowest BCUT2D eigenvalue weighted by molar-refractivity contribution is -0.305. The monoisotopic (exact) mass is 366 g/mol. The molecule has 1 heterocycles. The molecule has 8 heteroatoms.